The molecule has 1 atom stereocenters. The summed E-state index contributed by atoms with van der Waals surface area (Å²) in [6.07, 6.45) is 9.58. The standard InChI is InChI=1S/C17H23OSi/c1-19(2)18-17-15-11-7-6-10-14(15)12-16(17)13-8-4-3-5-9-13/h6-7,10-13,17H,3-5,8-9H2,1-2H3. The van der Waals surface area contributed by atoms with Gasteiger partial charge in [0, 0.05) is 0 Å². The summed E-state index contributed by atoms with van der Waals surface area (Å²) in [5.74, 6) is 0.757. The lowest BCUT2D eigenvalue weighted by atomic mass is 9.82. The van der Waals surface area contributed by atoms with Crippen molar-refractivity contribution in [1.29, 1.82) is 0 Å². The van der Waals surface area contributed by atoms with Gasteiger partial charge in [-0.15, -0.1) is 0 Å². The quantitative estimate of drug-likeness (QED) is 0.705. The second-order valence-electron chi connectivity index (χ2n) is 6.01. The molecule has 19 heavy (non-hydrogen) atoms. The van der Waals surface area contributed by atoms with Crippen LogP contribution >= 0.6 is 0 Å². The Hall–Kier alpha value is -0.863. The van der Waals surface area contributed by atoms with Crippen LogP contribution in [-0.4, -0.2) is 9.04 Å². The monoisotopic (exact) mass is 271 g/mol. The zero-order valence-corrected chi connectivity index (χ0v) is 13.0. The van der Waals surface area contributed by atoms with Crippen LogP contribution < -0.4 is 0 Å². The van der Waals surface area contributed by atoms with Gasteiger partial charge in [-0.2, -0.15) is 0 Å². The Bertz CT molecular complexity index is 472. The molecule has 0 heterocycles. The summed E-state index contributed by atoms with van der Waals surface area (Å²) in [6.45, 7) is 4.48. The highest BCUT2D eigenvalue weighted by Gasteiger charge is 2.32. The summed E-state index contributed by atoms with van der Waals surface area (Å²) >= 11 is 0. The number of rotatable bonds is 3. The predicted octanol–water partition coefficient (Wildman–Crippen LogP) is 4.97. The molecule has 1 fully saturated rings. The summed E-state index contributed by atoms with van der Waals surface area (Å²) in [5, 5.41) is 0. The van der Waals surface area contributed by atoms with Crippen molar-refractivity contribution >= 4 is 15.1 Å². The van der Waals surface area contributed by atoms with Crippen LogP contribution in [0.15, 0.2) is 29.8 Å². The minimum Gasteiger partial charge on any atom is -0.407 e. The minimum atomic E-state index is -0.670. The SMILES string of the molecule is C[Si](C)OC1C(C2CCCCC2)=Cc2ccccc21. The summed E-state index contributed by atoms with van der Waals surface area (Å²) in [6, 6.07) is 8.76. The molecule has 0 spiro atoms. The Morgan fingerprint density at radius 2 is 1.79 bits per heavy atom. The van der Waals surface area contributed by atoms with E-state index in [9.17, 15) is 0 Å². The molecule has 0 aliphatic heterocycles. The van der Waals surface area contributed by atoms with E-state index in [1.807, 2.05) is 0 Å². The van der Waals surface area contributed by atoms with Gasteiger partial charge >= 0.3 is 0 Å². The van der Waals surface area contributed by atoms with Crippen LogP contribution in [0.3, 0.4) is 0 Å². The highest BCUT2D eigenvalue weighted by molar-refractivity contribution is 6.48. The minimum absolute atomic E-state index is 0.253. The van der Waals surface area contributed by atoms with E-state index in [0.29, 0.717) is 0 Å². The second-order valence-corrected chi connectivity index (χ2v) is 8.07. The summed E-state index contributed by atoms with van der Waals surface area (Å²) in [7, 11) is -0.670. The molecule has 1 nitrogen and oxygen atoms in total. The molecule has 1 aromatic carbocycles. The number of hydrogen-bond donors (Lipinski definition) is 0. The molecule has 3 rings (SSSR count). The van der Waals surface area contributed by atoms with Crippen LogP contribution in [0.25, 0.3) is 6.08 Å². The molecule has 2 aliphatic carbocycles. The normalized spacial score (nSPS) is 23.5. The topological polar surface area (TPSA) is 9.23 Å². The van der Waals surface area contributed by atoms with E-state index < -0.39 is 9.04 Å². The van der Waals surface area contributed by atoms with Gasteiger partial charge < -0.3 is 4.43 Å². The molecule has 1 aromatic rings. The first kappa shape index (κ1) is 13.1. The number of fused-ring (bicyclic) bond motifs is 1. The van der Waals surface area contributed by atoms with Gasteiger partial charge in [-0.05, 0) is 48.6 Å². The van der Waals surface area contributed by atoms with Crippen LogP contribution in [0.4, 0.5) is 0 Å². The molecule has 0 bridgehead atoms. The summed E-state index contributed by atoms with van der Waals surface area (Å²) < 4.78 is 6.34. The first-order valence-electron chi connectivity index (χ1n) is 7.53. The number of benzene rings is 1. The highest BCUT2D eigenvalue weighted by atomic mass is 28.3. The zero-order chi connectivity index (χ0) is 13.2. The van der Waals surface area contributed by atoms with Crippen molar-refractivity contribution in [2.75, 3.05) is 0 Å². The first-order chi connectivity index (χ1) is 9.25. The summed E-state index contributed by atoms with van der Waals surface area (Å²) in [4.78, 5) is 0. The largest absolute Gasteiger partial charge is 0.407 e. The second kappa shape index (κ2) is 5.64. The molecular weight excluding hydrogens is 248 g/mol. The molecule has 1 radical (unpaired) electrons. The third kappa shape index (κ3) is 2.70. The van der Waals surface area contributed by atoms with Gasteiger partial charge in [-0.3, -0.25) is 0 Å². The first-order valence-corrected chi connectivity index (χ1v) is 9.94. The van der Waals surface area contributed by atoms with Crippen molar-refractivity contribution in [1.82, 2.24) is 0 Å². The fourth-order valence-electron chi connectivity index (χ4n) is 3.45. The van der Waals surface area contributed by atoms with E-state index in [0.717, 1.165) is 5.92 Å². The average molecular weight is 271 g/mol. The molecule has 0 saturated heterocycles. The van der Waals surface area contributed by atoms with Crippen molar-refractivity contribution in [3.63, 3.8) is 0 Å². The van der Waals surface area contributed by atoms with Crippen molar-refractivity contribution in [2.24, 2.45) is 5.92 Å². The van der Waals surface area contributed by atoms with Crippen molar-refractivity contribution in [3.8, 4) is 0 Å². The van der Waals surface area contributed by atoms with Gasteiger partial charge in [-0.1, -0.05) is 49.6 Å². The van der Waals surface area contributed by atoms with Gasteiger partial charge in [0.1, 0.15) is 0 Å². The molecule has 0 aromatic heterocycles. The maximum absolute atomic E-state index is 6.34. The Kier molecular flexibility index (Phi) is 3.90. The van der Waals surface area contributed by atoms with Crippen LogP contribution in [-0.2, 0) is 4.43 Å². The predicted molar refractivity (Wildman–Crippen MR) is 82.3 cm³/mol. The van der Waals surface area contributed by atoms with Gasteiger partial charge in [0.15, 0.2) is 0 Å². The van der Waals surface area contributed by atoms with E-state index in [-0.39, 0.29) is 6.10 Å². The third-order valence-corrected chi connectivity index (χ3v) is 5.04. The van der Waals surface area contributed by atoms with Crippen molar-refractivity contribution in [2.45, 2.75) is 51.3 Å². The van der Waals surface area contributed by atoms with Crippen LogP contribution in [0.5, 0.6) is 0 Å². The van der Waals surface area contributed by atoms with E-state index in [1.54, 1.807) is 5.57 Å². The van der Waals surface area contributed by atoms with Gasteiger partial charge in [0.05, 0.1) is 6.10 Å². The molecule has 2 aliphatic rings. The van der Waals surface area contributed by atoms with E-state index in [2.05, 4.69) is 43.4 Å². The molecule has 1 unspecified atom stereocenters. The number of hydrogen-bond acceptors (Lipinski definition) is 1. The maximum Gasteiger partial charge on any atom is 0.206 e. The Morgan fingerprint density at radius 3 is 2.53 bits per heavy atom. The average Bonchev–Trinajstić information content (AvgIpc) is 2.78. The maximum atomic E-state index is 6.34. The van der Waals surface area contributed by atoms with Gasteiger partial charge in [0.25, 0.3) is 0 Å². The Labute approximate surface area is 118 Å². The van der Waals surface area contributed by atoms with Crippen LogP contribution in [0.1, 0.15) is 49.3 Å². The van der Waals surface area contributed by atoms with E-state index in [1.165, 1.54) is 43.2 Å². The van der Waals surface area contributed by atoms with E-state index >= 15 is 0 Å². The van der Waals surface area contributed by atoms with Gasteiger partial charge in [-0.25, -0.2) is 0 Å². The fraction of sp³-hybridized carbons (Fsp3) is 0.529. The Morgan fingerprint density at radius 1 is 1.05 bits per heavy atom. The van der Waals surface area contributed by atoms with Crippen LogP contribution in [0.2, 0.25) is 13.1 Å². The summed E-state index contributed by atoms with van der Waals surface area (Å²) in [5.41, 5.74) is 4.35. The fourth-order valence-corrected chi connectivity index (χ4v) is 4.19. The van der Waals surface area contributed by atoms with E-state index in [4.69, 9.17) is 4.43 Å². The van der Waals surface area contributed by atoms with Crippen molar-refractivity contribution < 1.29 is 4.43 Å². The molecule has 101 valence electrons. The van der Waals surface area contributed by atoms with Crippen molar-refractivity contribution in [3.05, 3.63) is 41.0 Å². The smallest absolute Gasteiger partial charge is 0.206 e. The zero-order valence-electron chi connectivity index (χ0n) is 12.0. The van der Waals surface area contributed by atoms with Gasteiger partial charge in [0.2, 0.25) is 9.04 Å². The Balaban J connectivity index is 1.89. The third-order valence-electron chi connectivity index (χ3n) is 4.33. The lowest BCUT2D eigenvalue weighted by molar-refractivity contribution is 0.225. The van der Waals surface area contributed by atoms with Crippen LogP contribution in [0, 0.1) is 5.92 Å². The molecule has 1 saturated carbocycles. The molecule has 2 heteroatoms. The molecular formula is C17H23OSi. The lowest BCUT2D eigenvalue weighted by Crippen LogP contribution is -2.19. The lowest BCUT2D eigenvalue weighted by Gasteiger charge is -2.29. The molecule has 0 amide bonds. The highest BCUT2D eigenvalue weighted by Crippen LogP contribution is 2.45. The molecule has 0 N–H and O–H groups in total.